The molecule has 1 atom stereocenters. The predicted molar refractivity (Wildman–Crippen MR) is 76.4 cm³/mol. The van der Waals surface area contributed by atoms with Crippen LogP contribution >= 0.6 is 22.9 Å². The monoisotopic (exact) mass is 299 g/mol. The number of hydrogen-bond acceptors (Lipinski definition) is 4. The molecular formula is C12H14ClN3O2S. The van der Waals surface area contributed by atoms with Crippen LogP contribution in [-0.2, 0) is 4.79 Å². The Morgan fingerprint density at radius 3 is 3.21 bits per heavy atom. The van der Waals surface area contributed by atoms with Gasteiger partial charge in [0, 0.05) is 17.7 Å². The van der Waals surface area contributed by atoms with Crippen molar-refractivity contribution in [2.24, 2.45) is 0 Å². The van der Waals surface area contributed by atoms with Gasteiger partial charge < -0.3 is 10.4 Å². The molecule has 2 N–H and O–H groups in total. The first-order chi connectivity index (χ1) is 9.15. The van der Waals surface area contributed by atoms with Crippen LogP contribution in [0.1, 0.15) is 19.0 Å². The molecule has 0 aliphatic carbocycles. The number of carbonyl (C=O) groups excluding carboxylic acids is 1. The number of aliphatic hydroxyl groups is 1. The molecule has 2 aromatic rings. The standard InChI is InChI=1S/C12H14ClN3O2S/c1-2-8(7-17)14-10(18)4-3-9-11(13)15-12-16(9)5-6-19-12/h3-6,8,17H,2,7H2,1H3,(H,14,18)/b4-3+/t8-/m1/s1. The Labute approximate surface area is 119 Å². The lowest BCUT2D eigenvalue weighted by Gasteiger charge is -2.11. The number of amides is 1. The molecule has 2 heterocycles. The van der Waals surface area contributed by atoms with Crippen molar-refractivity contribution in [3.63, 3.8) is 0 Å². The number of aromatic nitrogens is 2. The number of nitrogens with one attached hydrogen (secondary N) is 1. The van der Waals surface area contributed by atoms with E-state index in [0.29, 0.717) is 17.3 Å². The molecule has 0 radical (unpaired) electrons. The van der Waals surface area contributed by atoms with E-state index < -0.39 is 0 Å². The molecule has 1 amide bonds. The van der Waals surface area contributed by atoms with Gasteiger partial charge in [0.15, 0.2) is 10.1 Å². The average Bonchev–Trinajstić information content (AvgIpc) is 2.94. The second-order valence-corrected chi connectivity index (χ2v) is 5.20. The van der Waals surface area contributed by atoms with Gasteiger partial charge in [-0.2, -0.15) is 0 Å². The maximum atomic E-state index is 11.7. The molecule has 5 nitrogen and oxygen atoms in total. The van der Waals surface area contributed by atoms with Crippen LogP contribution in [0.4, 0.5) is 0 Å². The van der Waals surface area contributed by atoms with Crippen LogP contribution in [0.25, 0.3) is 11.0 Å². The summed E-state index contributed by atoms with van der Waals surface area (Å²) in [7, 11) is 0. The van der Waals surface area contributed by atoms with Gasteiger partial charge >= 0.3 is 0 Å². The highest BCUT2D eigenvalue weighted by molar-refractivity contribution is 7.15. The van der Waals surface area contributed by atoms with Crippen molar-refractivity contribution in [2.45, 2.75) is 19.4 Å². The first-order valence-corrected chi connectivity index (χ1v) is 7.12. The summed E-state index contributed by atoms with van der Waals surface area (Å²) in [6.45, 7) is 1.83. The van der Waals surface area contributed by atoms with E-state index in [2.05, 4.69) is 10.3 Å². The highest BCUT2D eigenvalue weighted by atomic mass is 35.5. The number of carbonyl (C=O) groups is 1. The second-order valence-electron chi connectivity index (χ2n) is 3.97. The summed E-state index contributed by atoms with van der Waals surface area (Å²) < 4.78 is 1.82. The molecule has 7 heteroatoms. The lowest BCUT2D eigenvalue weighted by Crippen LogP contribution is -2.35. The number of thiazole rings is 1. The molecule has 0 spiro atoms. The van der Waals surface area contributed by atoms with Gasteiger partial charge in [0.05, 0.1) is 18.3 Å². The zero-order valence-electron chi connectivity index (χ0n) is 10.3. The van der Waals surface area contributed by atoms with Crippen molar-refractivity contribution >= 4 is 39.9 Å². The van der Waals surface area contributed by atoms with Gasteiger partial charge in [-0.3, -0.25) is 9.20 Å². The molecule has 0 saturated heterocycles. The van der Waals surface area contributed by atoms with Gasteiger partial charge in [-0.05, 0) is 12.5 Å². The Bertz CT molecular complexity index is 601. The van der Waals surface area contributed by atoms with Gasteiger partial charge in [0.2, 0.25) is 5.91 Å². The van der Waals surface area contributed by atoms with Crippen LogP contribution in [0.5, 0.6) is 0 Å². The molecule has 0 unspecified atom stereocenters. The fraction of sp³-hybridized carbons (Fsp3) is 0.333. The number of imidazole rings is 1. The van der Waals surface area contributed by atoms with Crippen molar-refractivity contribution < 1.29 is 9.90 Å². The predicted octanol–water partition coefficient (Wildman–Crippen LogP) is 1.95. The lowest BCUT2D eigenvalue weighted by atomic mass is 10.2. The first-order valence-electron chi connectivity index (χ1n) is 5.86. The minimum Gasteiger partial charge on any atom is -0.394 e. The summed E-state index contributed by atoms with van der Waals surface area (Å²) in [6, 6.07) is -0.223. The zero-order valence-corrected chi connectivity index (χ0v) is 11.9. The molecule has 19 heavy (non-hydrogen) atoms. The molecule has 0 aliphatic heterocycles. The van der Waals surface area contributed by atoms with Crippen molar-refractivity contribution in [1.82, 2.24) is 14.7 Å². The van der Waals surface area contributed by atoms with E-state index in [1.165, 1.54) is 17.4 Å². The number of rotatable bonds is 5. The second kappa shape index (κ2) is 6.18. The van der Waals surface area contributed by atoms with Crippen LogP contribution in [0.3, 0.4) is 0 Å². The van der Waals surface area contributed by atoms with E-state index in [1.54, 1.807) is 6.08 Å². The average molecular weight is 300 g/mol. The van der Waals surface area contributed by atoms with Crippen LogP contribution in [0.15, 0.2) is 17.7 Å². The van der Waals surface area contributed by atoms with E-state index in [1.807, 2.05) is 22.9 Å². The molecular weight excluding hydrogens is 286 g/mol. The molecule has 2 rings (SSSR count). The molecule has 0 aromatic carbocycles. The van der Waals surface area contributed by atoms with E-state index in [-0.39, 0.29) is 18.6 Å². The maximum Gasteiger partial charge on any atom is 0.244 e. The lowest BCUT2D eigenvalue weighted by molar-refractivity contribution is -0.117. The number of nitrogens with zero attached hydrogens (tertiary/aromatic N) is 2. The van der Waals surface area contributed by atoms with Gasteiger partial charge in [0.1, 0.15) is 0 Å². The van der Waals surface area contributed by atoms with Crippen molar-refractivity contribution in [2.75, 3.05) is 6.61 Å². The number of hydrogen-bond donors (Lipinski definition) is 2. The largest absolute Gasteiger partial charge is 0.394 e. The Morgan fingerprint density at radius 1 is 1.74 bits per heavy atom. The van der Waals surface area contributed by atoms with Crippen LogP contribution in [0, 0.1) is 0 Å². The fourth-order valence-electron chi connectivity index (χ4n) is 1.61. The van der Waals surface area contributed by atoms with Gasteiger partial charge in [-0.1, -0.05) is 18.5 Å². The van der Waals surface area contributed by atoms with Crippen LogP contribution in [-0.4, -0.2) is 33.0 Å². The third kappa shape index (κ3) is 3.15. The molecule has 0 aliphatic rings. The van der Waals surface area contributed by atoms with Crippen LogP contribution in [0.2, 0.25) is 5.15 Å². The van der Waals surface area contributed by atoms with Gasteiger partial charge in [-0.25, -0.2) is 4.98 Å². The molecule has 0 saturated carbocycles. The SMILES string of the molecule is CC[C@H](CO)NC(=O)/C=C/c1c(Cl)nc2sccn12. The molecule has 0 fully saturated rings. The number of aliphatic hydroxyl groups excluding tert-OH is 1. The minimum atomic E-state index is -0.262. The van der Waals surface area contributed by atoms with E-state index in [4.69, 9.17) is 16.7 Å². The van der Waals surface area contributed by atoms with E-state index in [9.17, 15) is 4.79 Å². The third-order valence-electron chi connectivity index (χ3n) is 2.71. The normalized spacial score (nSPS) is 13.2. The summed E-state index contributed by atoms with van der Waals surface area (Å²) in [5, 5.41) is 14.0. The number of halogens is 1. The summed E-state index contributed by atoms with van der Waals surface area (Å²) in [4.78, 5) is 16.6. The third-order valence-corrected chi connectivity index (χ3v) is 3.74. The van der Waals surface area contributed by atoms with Crippen LogP contribution < -0.4 is 5.32 Å². The molecule has 2 aromatic heterocycles. The van der Waals surface area contributed by atoms with Gasteiger partial charge in [-0.15, -0.1) is 11.3 Å². The quantitative estimate of drug-likeness (QED) is 0.829. The van der Waals surface area contributed by atoms with Gasteiger partial charge in [0.25, 0.3) is 0 Å². The van der Waals surface area contributed by atoms with E-state index in [0.717, 1.165) is 4.96 Å². The van der Waals surface area contributed by atoms with Crippen molar-refractivity contribution in [3.8, 4) is 0 Å². The summed E-state index contributed by atoms with van der Waals surface area (Å²) in [5.74, 6) is -0.262. The van der Waals surface area contributed by atoms with E-state index >= 15 is 0 Å². The summed E-state index contributed by atoms with van der Waals surface area (Å²) >= 11 is 7.48. The smallest absolute Gasteiger partial charge is 0.244 e. The molecule has 0 bridgehead atoms. The maximum absolute atomic E-state index is 11.7. The minimum absolute atomic E-state index is 0.0711. The number of fused-ring (bicyclic) bond motifs is 1. The summed E-state index contributed by atoms with van der Waals surface area (Å²) in [5.41, 5.74) is 0.671. The van der Waals surface area contributed by atoms with Crippen molar-refractivity contribution in [3.05, 3.63) is 28.5 Å². The first kappa shape index (κ1) is 14.0. The summed E-state index contributed by atoms with van der Waals surface area (Å²) in [6.07, 6.45) is 5.54. The fourth-order valence-corrected chi connectivity index (χ4v) is 2.61. The Balaban J connectivity index is 2.11. The Hall–Kier alpha value is -1.37. The highest BCUT2D eigenvalue weighted by Crippen LogP contribution is 2.22. The van der Waals surface area contributed by atoms with Crippen molar-refractivity contribution in [1.29, 1.82) is 0 Å². The highest BCUT2D eigenvalue weighted by Gasteiger charge is 2.10. The Morgan fingerprint density at radius 2 is 2.53 bits per heavy atom. The topological polar surface area (TPSA) is 66.6 Å². The Kier molecular flexibility index (Phi) is 4.57. The molecule has 102 valence electrons. The zero-order chi connectivity index (χ0) is 13.8.